The van der Waals surface area contributed by atoms with E-state index in [9.17, 15) is 14.4 Å². The average Bonchev–Trinajstić information content (AvgIpc) is 3.05. The number of carbonyl (C=O) groups is 3. The standard InChI is InChI=1S/C33H46N2O5Si/c1-22(27-26(28(36)34-27)23(2)39-41(8,9)31(3,4)5)29(37)35-30(38)32(6,7)40-33(35,20-24-16-12-10-13-17-24)21-25-18-14-11-15-19-25/h10-19,22-23,26-27H,20-21H2,1-9H3,(H,34,36)/t22-,23-,26-,27-/m1/s1. The fraction of sp³-hybridized carbons (Fsp3) is 0.545. The Morgan fingerprint density at radius 3 is 1.90 bits per heavy atom. The summed E-state index contributed by atoms with van der Waals surface area (Å²) >= 11 is 0. The third-order valence-electron chi connectivity index (χ3n) is 9.16. The zero-order chi connectivity index (χ0) is 30.4. The van der Waals surface area contributed by atoms with Crippen LogP contribution in [-0.4, -0.2) is 54.4 Å². The molecule has 1 N–H and O–H groups in total. The molecule has 7 nitrogen and oxygen atoms in total. The van der Waals surface area contributed by atoms with E-state index in [-0.39, 0.29) is 28.9 Å². The van der Waals surface area contributed by atoms with Crippen molar-refractivity contribution >= 4 is 26.0 Å². The van der Waals surface area contributed by atoms with Crippen LogP contribution >= 0.6 is 0 Å². The van der Waals surface area contributed by atoms with Crippen molar-refractivity contribution in [2.45, 2.75) is 103 Å². The summed E-state index contributed by atoms with van der Waals surface area (Å²) in [5, 5.41) is 2.95. The van der Waals surface area contributed by atoms with Gasteiger partial charge in [0.25, 0.3) is 5.91 Å². The molecule has 222 valence electrons. The number of carbonyl (C=O) groups excluding carboxylic acids is 3. The van der Waals surface area contributed by atoms with Gasteiger partial charge in [0.2, 0.25) is 11.8 Å². The lowest BCUT2D eigenvalue weighted by atomic mass is 9.78. The van der Waals surface area contributed by atoms with E-state index in [2.05, 4.69) is 39.2 Å². The molecule has 41 heavy (non-hydrogen) atoms. The lowest BCUT2D eigenvalue weighted by molar-refractivity contribution is -0.166. The predicted molar refractivity (Wildman–Crippen MR) is 162 cm³/mol. The third kappa shape index (κ3) is 6.06. The fourth-order valence-corrected chi connectivity index (χ4v) is 7.30. The van der Waals surface area contributed by atoms with Gasteiger partial charge in [0.15, 0.2) is 14.0 Å². The maximum Gasteiger partial charge on any atom is 0.263 e. The van der Waals surface area contributed by atoms with E-state index < -0.39 is 37.5 Å². The second-order valence-corrected chi connectivity index (χ2v) is 18.6. The van der Waals surface area contributed by atoms with Crippen molar-refractivity contribution in [3.8, 4) is 0 Å². The van der Waals surface area contributed by atoms with Gasteiger partial charge in [-0.15, -0.1) is 0 Å². The molecule has 8 heteroatoms. The largest absolute Gasteiger partial charge is 0.413 e. The van der Waals surface area contributed by atoms with Gasteiger partial charge in [-0.25, -0.2) is 4.90 Å². The van der Waals surface area contributed by atoms with Crippen LogP contribution in [0.4, 0.5) is 0 Å². The molecule has 2 saturated heterocycles. The quantitative estimate of drug-likeness (QED) is 0.314. The minimum Gasteiger partial charge on any atom is -0.413 e. The lowest BCUT2D eigenvalue weighted by Gasteiger charge is -2.47. The number of hydrogen-bond donors (Lipinski definition) is 1. The molecule has 0 unspecified atom stereocenters. The summed E-state index contributed by atoms with van der Waals surface area (Å²) in [6.45, 7) is 18.0. The molecule has 0 aliphatic carbocycles. The molecular weight excluding hydrogens is 532 g/mol. The minimum atomic E-state index is -2.15. The van der Waals surface area contributed by atoms with E-state index in [1.807, 2.05) is 67.6 Å². The number of ether oxygens (including phenoxy) is 1. The first kappa shape index (κ1) is 31.1. The number of β-lactam (4-membered cyclic amide) rings is 1. The molecule has 2 aliphatic rings. The van der Waals surface area contributed by atoms with E-state index in [1.165, 1.54) is 4.90 Å². The molecule has 2 aliphatic heterocycles. The monoisotopic (exact) mass is 578 g/mol. The van der Waals surface area contributed by atoms with Gasteiger partial charge in [-0.05, 0) is 50.0 Å². The van der Waals surface area contributed by atoms with Crippen molar-refractivity contribution in [3.63, 3.8) is 0 Å². The molecule has 4 atom stereocenters. The summed E-state index contributed by atoms with van der Waals surface area (Å²) in [6, 6.07) is 19.2. The SMILES string of the molecule is C[C@@H](O[Si](C)(C)C(C)(C)C)[C@H]1C(=O)N[C@@H]1[C@@H](C)C(=O)N1C(=O)C(C)(C)OC1(Cc1ccccc1)Cc1ccccc1. The van der Waals surface area contributed by atoms with Crippen molar-refractivity contribution in [1.29, 1.82) is 0 Å². The van der Waals surface area contributed by atoms with Crippen molar-refractivity contribution in [1.82, 2.24) is 10.2 Å². The molecule has 4 rings (SSSR count). The Morgan fingerprint density at radius 2 is 1.46 bits per heavy atom. The number of nitrogens with zero attached hydrogens (tertiary/aromatic N) is 1. The van der Waals surface area contributed by atoms with Gasteiger partial charge in [0, 0.05) is 12.8 Å². The summed E-state index contributed by atoms with van der Waals surface area (Å²) in [4.78, 5) is 42.6. The Labute approximate surface area is 246 Å². The maximum absolute atomic E-state index is 14.4. The first-order valence-electron chi connectivity index (χ1n) is 14.6. The number of rotatable bonds is 9. The molecule has 0 aromatic heterocycles. The van der Waals surface area contributed by atoms with Crippen molar-refractivity contribution < 1.29 is 23.5 Å². The highest BCUT2D eigenvalue weighted by Gasteiger charge is 2.61. The molecular formula is C33H46N2O5Si. The summed E-state index contributed by atoms with van der Waals surface area (Å²) in [5.74, 6) is -1.97. The highest BCUT2D eigenvalue weighted by molar-refractivity contribution is 6.74. The molecule has 0 radical (unpaired) electrons. The van der Waals surface area contributed by atoms with Gasteiger partial charge in [0.05, 0.1) is 24.0 Å². The van der Waals surface area contributed by atoms with Gasteiger partial charge < -0.3 is 14.5 Å². The molecule has 0 saturated carbocycles. The van der Waals surface area contributed by atoms with Crippen molar-refractivity contribution in [2.75, 3.05) is 0 Å². The Kier molecular flexibility index (Phi) is 8.44. The Balaban J connectivity index is 1.68. The van der Waals surface area contributed by atoms with Crippen molar-refractivity contribution in [2.24, 2.45) is 11.8 Å². The van der Waals surface area contributed by atoms with Crippen LogP contribution in [-0.2, 0) is 36.4 Å². The van der Waals surface area contributed by atoms with Crippen LogP contribution in [0.3, 0.4) is 0 Å². The summed E-state index contributed by atoms with van der Waals surface area (Å²) in [5.41, 5.74) is -0.489. The molecule has 0 bridgehead atoms. The van der Waals surface area contributed by atoms with Crippen LogP contribution in [0.5, 0.6) is 0 Å². The van der Waals surface area contributed by atoms with Gasteiger partial charge in [-0.2, -0.15) is 0 Å². The van der Waals surface area contributed by atoms with Gasteiger partial charge in [-0.3, -0.25) is 14.4 Å². The second kappa shape index (κ2) is 11.1. The average molecular weight is 579 g/mol. The first-order chi connectivity index (χ1) is 19.0. The maximum atomic E-state index is 14.4. The smallest absolute Gasteiger partial charge is 0.263 e. The third-order valence-corrected chi connectivity index (χ3v) is 13.7. The highest BCUT2D eigenvalue weighted by atomic mass is 28.4. The van der Waals surface area contributed by atoms with Crippen LogP contribution in [0, 0.1) is 11.8 Å². The Hall–Kier alpha value is -2.81. The second-order valence-electron chi connectivity index (χ2n) is 13.8. The molecule has 0 spiro atoms. The molecule has 2 fully saturated rings. The van der Waals surface area contributed by atoms with E-state index in [1.54, 1.807) is 20.8 Å². The number of nitrogens with one attached hydrogen (secondary N) is 1. The van der Waals surface area contributed by atoms with E-state index >= 15 is 0 Å². The Morgan fingerprint density at radius 1 is 0.976 bits per heavy atom. The zero-order valence-electron chi connectivity index (χ0n) is 26.0. The van der Waals surface area contributed by atoms with Crippen LogP contribution in [0.15, 0.2) is 60.7 Å². The highest BCUT2D eigenvalue weighted by Crippen LogP contribution is 2.43. The van der Waals surface area contributed by atoms with E-state index in [4.69, 9.17) is 9.16 Å². The number of benzene rings is 2. The van der Waals surface area contributed by atoms with Crippen LogP contribution in [0.2, 0.25) is 18.1 Å². The van der Waals surface area contributed by atoms with E-state index in [0.717, 1.165) is 11.1 Å². The predicted octanol–water partition coefficient (Wildman–Crippen LogP) is 5.49. The van der Waals surface area contributed by atoms with Gasteiger partial charge in [-0.1, -0.05) is 88.4 Å². The van der Waals surface area contributed by atoms with Crippen LogP contribution in [0.1, 0.15) is 59.6 Å². The van der Waals surface area contributed by atoms with Gasteiger partial charge >= 0.3 is 0 Å². The number of amides is 3. The number of imide groups is 1. The van der Waals surface area contributed by atoms with Crippen LogP contribution in [0.25, 0.3) is 0 Å². The van der Waals surface area contributed by atoms with Crippen molar-refractivity contribution in [3.05, 3.63) is 71.8 Å². The normalized spacial score (nSPS) is 23.5. The molecule has 2 aromatic carbocycles. The van der Waals surface area contributed by atoms with Gasteiger partial charge in [0.1, 0.15) is 5.60 Å². The molecule has 3 amide bonds. The Bertz CT molecular complexity index is 1230. The fourth-order valence-electron chi connectivity index (χ4n) is 5.87. The first-order valence-corrected chi connectivity index (χ1v) is 17.5. The lowest BCUT2D eigenvalue weighted by Crippen LogP contribution is -2.68. The summed E-state index contributed by atoms with van der Waals surface area (Å²) in [7, 11) is -2.15. The molecule has 2 heterocycles. The molecule has 2 aromatic rings. The zero-order valence-corrected chi connectivity index (χ0v) is 27.0. The minimum absolute atomic E-state index is 0.0161. The number of hydrogen-bond acceptors (Lipinski definition) is 5. The summed E-state index contributed by atoms with van der Waals surface area (Å²) in [6.07, 6.45) is 0.342. The summed E-state index contributed by atoms with van der Waals surface area (Å²) < 4.78 is 13.2. The topological polar surface area (TPSA) is 84.9 Å². The van der Waals surface area contributed by atoms with E-state index in [0.29, 0.717) is 12.8 Å². The van der Waals surface area contributed by atoms with Crippen LogP contribution < -0.4 is 5.32 Å².